The Morgan fingerprint density at radius 1 is 1.26 bits per heavy atom. The highest BCUT2D eigenvalue weighted by Crippen LogP contribution is 2.72. The second-order valence-electron chi connectivity index (χ2n) is 6.40. The molecule has 4 rings (SSSR count). The van der Waals surface area contributed by atoms with E-state index < -0.39 is 0 Å². The fourth-order valence-corrected chi connectivity index (χ4v) is 5.09. The molecule has 3 aliphatic rings. The quantitative estimate of drug-likeness (QED) is 0.914. The number of benzene rings is 1. The van der Waals surface area contributed by atoms with Gasteiger partial charge in [0.2, 0.25) is 0 Å². The van der Waals surface area contributed by atoms with Gasteiger partial charge in [0.05, 0.1) is 18.2 Å². The van der Waals surface area contributed by atoms with Gasteiger partial charge in [-0.05, 0) is 66.5 Å². The molecule has 0 heterocycles. The minimum atomic E-state index is -0.343. The van der Waals surface area contributed by atoms with Gasteiger partial charge in [-0.25, -0.2) is 0 Å². The molecule has 0 aliphatic heterocycles. The van der Waals surface area contributed by atoms with Crippen LogP contribution >= 0.6 is 11.6 Å². The van der Waals surface area contributed by atoms with E-state index >= 15 is 0 Å². The highest BCUT2D eigenvalue weighted by atomic mass is 35.5. The van der Waals surface area contributed by atoms with Gasteiger partial charge in [0, 0.05) is 0 Å². The van der Waals surface area contributed by atoms with Crippen molar-refractivity contribution in [2.75, 3.05) is 7.11 Å². The summed E-state index contributed by atoms with van der Waals surface area (Å²) in [6, 6.07) is 5.65. The number of aliphatic hydroxyl groups is 1. The molecule has 0 radical (unpaired) electrons. The van der Waals surface area contributed by atoms with Crippen LogP contribution in [0.5, 0.6) is 5.75 Å². The van der Waals surface area contributed by atoms with Crippen molar-refractivity contribution in [1.82, 2.24) is 0 Å². The second-order valence-corrected chi connectivity index (χ2v) is 6.81. The van der Waals surface area contributed by atoms with Crippen LogP contribution in [0.2, 0.25) is 5.02 Å². The van der Waals surface area contributed by atoms with E-state index in [2.05, 4.69) is 0 Å². The van der Waals surface area contributed by atoms with Crippen LogP contribution in [0, 0.1) is 29.6 Å². The minimum absolute atomic E-state index is 0.343. The van der Waals surface area contributed by atoms with E-state index in [-0.39, 0.29) is 6.10 Å². The summed E-state index contributed by atoms with van der Waals surface area (Å²) in [4.78, 5) is 0. The van der Waals surface area contributed by atoms with Crippen LogP contribution in [-0.2, 0) is 0 Å². The lowest BCUT2D eigenvalue weighted by atomic mass is 9.95. The van der Waals surface area contributed by atoms with Gasteiger partial charge in [-0.2, -0.15) is 0 Å². The molecule has 102 valence electrons. The largest absolute Gasteiger partial charge is 0.495 e. The van der Waals surface area contributed by atoms with Gasteiger partial charge in [-0.3, -0.25) is 0 Å². The molecule has 5 atom stereocenters. The van der Waals surface area contributed by atoms with Crippen LogP contribution < -0.4 is 4.74 Å². The Labute approximate surface area is 118 Å². The van der Waals surface area contributed by atoms with Gasteiger partial charge in [-0.15, -0.1) is 0 Å². The molecule has 2 nitrogen and oxygen atoms in total. The first-order valence-corrected chi connectivity index (χ1v) is 7.60. The first kappa shape index (κ1) is 12.0. The Balaban J connectivity index is 1.57. The molecule has 3 fully saturated rings. The van der Waals surface area contributed by atoms with Gasteiger partial charge < -0.3 is 9.84 Å². The normalized spacial score (nSPS) is 40.1. The average Bonchev–Trinajstić information content (AvgIpc) is 2.86. The van der Waals surface area contributed by atoms with Crippen LogP contribution in [0.4, 0.5) is 0 Å². The molecule has 0 aromatic heterocycles. The SMILES string of the molecule is COc1cc(C(O)C2C3C4CCC(C4)C32)ccc1Cl. The van der Waals surface area contributed by atoms with Crippen LogP contribution in [0.25, 0.3) is 0 Å². The van der Waals surface area contributed by atoms with Crippen molar-refractivity contribution < 1.29 is 9.84 Å². The Hall–Kier alpha value is -0.730. The molecule has 5 unspecified atom stereocenters. The van der Waals surface area contributed by atoms with E-state index in [1.807, 2.05) is 18.2 Å². The van der Waals surface area contributed by atoms with Crippen LogP contribution in [0.3, 0.4) is 0 Å². The van der Waals surface area contributed by atoms with Crippen molar-refractivity contribution >= 4 is 11.6 Å². The molecule has 2 bridgehead atoms. The predicted molar refractivity (Wildman–Crippen MR) is 74.3 cm³/mol. The van der Waals surface area contributed by atoms with Crippen molar-refractivity contribution in [2.45, 2.75) is 25.4 Å². The molecule has 0 saturated heterocycles. The number of rotatable bonds is 3. The van der Waals surface area contributed by atoms with Crippen molar-refractivity contribution in [3.05, 3.63) is 28.8 Å². The number of hydrogen-bond donors (Lipinski definition) is 1. The summed E-state index contributed by atoms with van der Waals surface area (Å²) in [7, 11) is 1.61. The van der Waals surface area contributed by atoms with Crippen molar-refractivity contribution in [3.8, 4) is 5.75 Å². The first-order valence-electron chi connectivity index (χ1n) is 7.22. The number of halogens is 1. The van der Waals surface area contributed by atoms with Crippen molar-refractivity contribution in [3.63, 3.8) is 0 Å². The van der Waals surface area contributed by atoms with E-state index in [0.717, 1.165) is 29.2 Å². The second kappa shape index (κ2) is 4.13. The Morgan fingerprint density at radius 3 is 2.58 bits per heavy atom. The zero-order valence-corrected chi connectivity index (χ0v) is 11.8. The molecule has 1 N–H and O–H groups in total. The van der Waals surface area contributed by atoms with Crippen LogP contribution in [0.1, 0.15) is 30.9 Å². The number of ether oxygens (including phenoxy) is 1. The van der Waals surface area contributed by atoms with Gasteiger partial charge in [0.15, 0.2) is 0 Å². The summed E-state index contributed by atoms with van der Waals surface area (Å²) >= 11 is 6.04. The number of aliphatic hydroxyl groups excluding tert-OH is 1. The third-order valence-corrected chi connectivity index (χ3v) is 5.99. The van der Waals surface area contributed by atoms with E-state index in [1.54, 1.807) is 7.11 Å². The third-order valence-electron chi connectivity index (χ3n) is 5.68. The summed E-state index contributed by atoms with van der Waals surface area (Å²) in [5, 5.41) is 11.2. The maximum atomic E-state index is 10.6. The highest BCUT2D eigenvalue weighted by Gasteiger charge is 2.66. The smallest absolute Gasteiger partial charge is 0.137 e. The van der Waals surface area contributed by atoms with Gasteiger partial charge in [0.25, 0.3) is 0 Å². The van der Waals surface area contributed by atoms with E-state index in [0.29, 0.717) is 16.7 Å². The van der Waals surface area contributed by atoms with Crippen LogP contribution in [0.15, 0.2) is 18.2 Å². The predicted octanol–water partition coefficient (Wildman–Crippen LogP) is 3.67. The molecular weight excluding hydrogens is 260 g/mol. The summed E-state index contributed by atoms with van der Waals surface area (Å²) in [5.74, 6) is 4.50. The average molecular weight is 279 g/mol. The fraction of sp³-hybridized carbons (Fsp3) is 0.625. The monoisotopic (exact) mass is 278 g/mol. The van der Waals surface area contributed by atoms with Gasteiger partial charge in [0.1, 0.15) is 5.75 Å². The van der Waals surface area contributed by atoms with E-state index in [9.17, 15) is 5.11 Å². The molecule has 1 aromatic carbocycles. The molecule has 0 spiro atoms. The Morgan fingerprint density at radius 2 is 1.95 bits per heavy atom. The third kappa shape index (κ3) is 1.66. The lowest BCUT2D eigenvalue weighted by Gasteiger charge is -2.16. The Kier molecular flexibility index (Phi) is 2.62. The molecule has 3 saturated carbocycles. The lowest BCUT2D eigenvalue weighted by molar-refractivity contribution is 0.129. The summed E-state index contributed by atoms with van der Waals surface area (Å²) < 4.78 is 5.24. The van der Waals surface area contributed by atoms with Crippen molar-refractivity contribution in [1.29, 1.82) is 0 Å². The standard InChI is InChI=1S/C16H19ClO2/c1-19-12-7-10(4-5-11(12)17)16(18)15-13-8-2-3-9(6-8)14(13)15/h4-5,7-9,13-16,18H,2-3,6H2,1H3. The lowest BCUT2D eigenvalue weighted by Crippen LogP contribution is -2.08. The number of fused-ring (bicyclic) bond motifs is 5. The summed E-state index contributed by atoms with van der Waals surface area (Å²) in [6.07, 6.45) is 3.85. The molecule has 1 aromatic rings. The molecular formula is C16H19ClO2. The topological polar surface area (TPSA) is 29.5 Å². The molecule has 3 aliphatic carbocycles. The highest BCUT2D eigenvalue weighted by molar-refractivity contribution is 6.32. The molecule has 3 heteroatoms. The number of methoxy groups -OCH3 is 1. The maximum absolute atomic E-state index is 10.6. The van der Waals surface area contributed by atoms with E-state index in [1.165, 1.54) is 19.3 Å². The van der Waals surface area contributed by atoms with Gasteiger partial charge >= 0.3 is 0 Å². The summed E-state index contributed by atoms with van der Waals surface area (Å²) in [5.41, 5.74) is 0.958. The van der Waals surface area contributed by atoms with Crippen LogP contribution in [-0.4, -0.2) is 12.2 Å². The Bertz CT molecular complexity index is 499. The minimum Gasteiger partial charge on any atom is -0.495 e. The maximum Gasteiger partial charge on any atom is 0.137 e. The molecule has 19 heavy (non-hydrogen) atoms. The van der Waals surface area contributed by atoms with Crippen molar-refractivity contribution in [2.24, 2.45) is 29.6 Å². The zero-order chi connectivity index (χ0) is 13.1. The number of hydrogen-bond acceptors (Lipinski definition) is 2. The first-order chi connectivity index (χ1) is 9.20. The van der Waals surface area contributed by atoms with E-state index in [4.69, 9.17) is 16.3 Å². The fourth-order valence-electron chi connectivity index (χ4n) is 4.90. The zero-order valence-electron chi connectivity index (χ0n) is 11.1. The molecule has 0 amide bonds. The van der Waals surface area contributed by atoms with Gasteiger partial charge in [-0.1, -0.05) is 17.7 Å². The summed E-state index contributed by atoms with van der Waals surface area (Å²) in [6.45, 7) is 0.